The van der Waals surface area contributed by atoms with Crippen molar-refractivity contribution in [3.63, 3.8) is 0 Å². The summed E-state index contributed by atoms with van der Waals surface area (Å²) in [5, 5.41) is 13.9. The fourth-order valence-corrected chi connectivity index (χ4v) is 2.91. The number of nitro groups is 1. The van der Waals surface area contributed by atoms with Crippen molar-refractivity contribution in [2.45, 2.75) is 25.8 Å². The molecule has 1 aromatic heterocycles. The maximum absolute atomic E-state index is 11.9. The number of rotatable bonds is 7. The van der Waals surface area contributed by atoms with Crippen LogP contribution in [0.15, 0.2) is 40.8 Å². The van der Waals surface area contributed by atoms with Gasteiger partial charge in [0.2, 0.25) is 5.91 Å². The lowest BCUT2D eigenvalue weighted by atomic mass is 10.1. The zero-order valence-corrected chi connectivity index (χ0v) is 13.9. The molecule has 2 aromatic rings. The van der Waals surface area contributed by atoms with Crippen molar-refractivity contribution in [2.75, 3.05) is 19.6 Å². The summed E-state index contributed by atoms with van der Waals surface area (Å²) in [6, 6.07) is 9.96. The van der Waals surface area contributed by atoms with Gasteiger partial charge in [0.1, 0.15) is 11.5 Å². The highest BCUT2D eigenvalue weighted by atomic mass is 16.6. The van der Waals surface area contributed by atoms with Gasteiger partial charge in [-0.2, -0.15) is 0 Å². The van der Waals surface area contributed by atoms with Crippen LogP contribution in [0, 0.1) is 10.1 Å². The van der Waals surface area contributed by atoms with Crippen molar-refractivity contribution in [1.82, 2.24) is 10.2 Å². The van der Waals surface area contributed by atoms with Crippen LogP contribution in [0.1, 0.15) is 25.0 Å². The molecule has 7 nitrogen and oxygen atoms in total. The minimum atomic E-state index is -0.426. The Morgan fingerprint density at radius 2 is 1.88 bits per heavy atom. The minimum Gasteiger partial charge on any atom is -0.460 e. The van der Waals surface area contributed by atoms with E-state index in [1.165, 1.54) is 12.1 Å². The molecule has 1 aromatic carbocycles. The Morgan fingerprint density at radius 3 is 2.56 bits per heavy atom. The number of benzene rings is 1. The number of carbonyl (C=O) groups is 1. The maximum Gasteiger partial charge on any atom is 0.269 e. The topological polar surface area (TPSA) is 88.6 Å². The molecule has 1 amide bonds. The van der Waals surface area contributed by atoms with Gasteiger partial charge in [-0.1, -0.05) is 0 Å². The zero-order chi connectivity index (χ0) is 17.6. The van der Waals surface area contributed by atoms with Crippen molar-refractivity contribution < 1.29 is 14.1 Å². The second-order valence-electron chi connectivity index (χ2n) is 6.08. The third-order valence-corrected chi connectivity index (χ3v) is 4.30. The van der Waals surface area contributed by atoms with Crippen LogP contribution in [0.2, 0.25) is 0 Å². The van der Waals surface area contributed by atoms with Gasteiger partial charge in [0.15, 0.2) is 0 Å². The summed E-state index contributed by atoms with van der Waals surface area (Å²) in [4.78, 5) is 24.1. The second-order valence-corrected chi connectivity index (χ2v) is 6.08. The summed E-state index contributed by atoms with van der Waals surface area (Å²) >= 11 is 0. The zero-order valence-electron chi connectivity index (χ0n) is 13.9. The third kappa shape index (κ3) is 4.45. The number of amides is 1. The lowest BCUT2D eigenvalue weighted by molar-refractivity contribution is -0.384. The van der Waals surface area contributed by atoms with E-state index in [2.05, 4.69) is 5.32 Å². The van der Waals surface area contributed by atoms with Gasteiger partial charge < -0.3 is 14.6 Å². The normalized spacial score (nSPS) is 14.0. The molecule has 1 aliphatic heterocycles. The summed E-state index contributed by atoms with van der Waals surface area (Å²) in [6.07, 6.45) is 2.71. The van der Waals surface area contributed by atoms with E-state index in [1.54, 1.807) is 12.1 Å². The van der Waals surface area contributed by atoms with Gasteiger partial charge >= 0.3 is 0 Å². The van der Waals surface area contributed by atoms with Crippen molar-refractivity contribution in [1.29, 1.82) is 0 Å². The molecular weight excluding hydrogens is 322 g/mol. The first-order valence-corrected chi connectivity index (χ1v) is 8.45. The summed E-state index contributed by atoms with van der Waals surface area (Å²) in [7, 11) is 0. The van der Waals surface area contributed by atoms with E-state index in [4.69, 9.17) is 4.42 Å². The average Bonchev–Trinajstić information content (AvgIpc) is 3.30. The van der Waals surface area contributed by atoms with Crippen LogP contribution in [-0.4, -0.2) is 35.4 Å². The highest BCUT2D eigenvalue weighted by molar-refractivity contribution is 5.76. The van der Waals surface area contributed by atoms with E-state index in [-0.39, 0.29) is 11.6 Å². The summed E-state index contributed by atoms with van der Waals surface area (Å²) in [5.41, 5.74) is 0.848. The number of non-ortho nitro benzene ring substituents is 1. The first kappa shape index (κ1) is 17.2. The van der Waals surface area contributed by atoms with Crippen molar-refractivity contribution in [2.24, 2.45) is 0 Å². The van der Waals surface area contributed by atoms with Crippen molar-refractivity contribution in [3.05, 3.63) is 52.3 Å². The molecule has 0 bridgehead atoms. The largest absolute Gasteiger partial charge is 0.460 e. The van der Waals surface area contributed by atoms with Gasteiger partial charge in [-0.25, -0.2) is 0 Å². The molecule has 0 spiro atoms. The molecular formula is C18H21N3O4. The van der Waals surface area contributed by atoms with Gasteiger partial charge in [-0.05, 0) is 37.1 Å². The van der Waals surface area contributed by atoms with E-state index in [0.29, 0.717) is 25.3 Å². The fourth-order valence-electron chi connectivity index (χ4n) is 2.91. The molecule has 0 atom stereocenters. The summed E-state index contributed by atoms with van der Waals surface area (Å²) < 4.78 is 5.75. The van der Waals surface area contributed by atoms with Crippen LogP contribution in [0.25, 0.3) is 11.3 Å². The lowest BCUT2D eigenvalue weighted by Gasteiger charge is -2.14. The molecule has 0 radical (unpaired) electrons. The van der Waals surface area contributed by atoms with Gasteiger partial charge in [0, 0.05) is 43.8 Å². The monoisotopic (exact) mass is 343 g/mol. The van der Waals surface area contributed by atoms with Crippen LogP contribution in [0.5, 0.6) is 0 Å². The molecule has 25 heavy (non-hydrogen) atoms. The van der Waals surface area contributed by atoms with E-state index in [0.717, 1.165) is 37.3 Å². The van der Waals surface area contributed by atoms with Crippen molar-refractivity contribution >= 4 is 11.6 Å². The molecule has 1 fully saturated rings. The van der Waals surface area contributed by atoms with Crippen LogP contribution in [0.4, 0.5) is 5.69 Å². The van der Waals surface area contributed by atoms with Crippen molar-refractivity contribution in [3.8, 4) is 11.3 Å². The number of nitro benzene ring substituents is 1. The first-order chi connectivity index (χ1) is 12.1. The van der Waals surface area contributed by atoms with Crippen LogP contribution in [-0.2, 0) is 11.3 Å². The molecule has 132 valence electrons. The number of furan rings is 1. The van der Waals surface area contributed by atoms with E-state index in [9.17, 15) is 14.9 Å². The minimum absolute atomic E-state index is 0.0554. The lowest BCUT2D eigenvalue weighted by Crippen LogP contribution is -2.30. The quantitative estimate of drug-likeness (QED) is 0.474. The smallest absolute Gasteiger partial charge is 0.269 e. The Balaban J connectivity index is 1.46. The number of nitrogens with zero attached hydrogens (tertiary/aromatic N) is 2. The average molecular weight is 343 g/mol. The predicted octanol–water partition coefficient (Wildman–Crippen LogP) is 2.96. The van der Waals surface area contributed by atoms with Gasteiger partial charge in [0.25, 0.3) is 5.69 Å². The Hall–Kier alpha value is -2.67. The van der Waals surface area contributed by atoms with E-state index < -0.39 is 4.92 Å². The highest BCUT2D eigenvalue weighted by Gasteiger charge is 2.17. The number of nitrogens with one attached hydrogen (secondary N) is 1. The van der Waals surface area contributed by atoms with Gasteiger partial charge in [-0.15, -0.1) is 0 Å². The number of hydrogen-bond acceptors (Lipinski definition) is 5. The molecule has 1 aliphatic rings. The van der Waals surface area contributed by atoms with Crippen LogP contribution in [0.3, 0.4) is 0 Å². The number of likely N-dealkylation sites (tertiary alicyclic amines) is 1. The molecule has 0 unspecified atom stereocenters. The Labute approximate surface area is 145 Å². The van der Waals surface area contributed by atoms with Gasteiger partial charge in [-0.3, -0.25) is 14.9 Å². The summed E-state index contributed by atoms with van der Waals surface area (Å²) in [5.74, 6) is 1.64. The number of carbonyl (C=O) groups excluding carboxylic acids is 1. The standard InChI is InChI=1S/C18H21N3O4/c22-18(20-11-1-2-12-20)9-10-19-13-16-7-8-17(25-16)14-3-5-15(6-4-14)21(23)24/h3-8,19H,1-2,9-13H2. The number of hydrogen-bond donors (Lipinski definition) is 1. The molecule has 0 saturated carbocycles. The Morgan fingerprint density at radius 1 is 1.16 bits per heavy atom. The third-order valence-electron chi connectivity index (χ3n) is 4.30. The Bertz CT molecular complexity index is 733. The molecule has 1 N–H and O–H groups in total. The molecule has 7 heteroatoms. The fraction of sp³-hybridized carbons (Fsp3) is 0.389. The van der Waals surface area contributed by atoms with E-state index >= 15 is 0 Å². The van der Waals surface area contributed by atoms with Crippen LogP contribution >= 0.6 is 0 Å². The Kier molecular flexibility index (Phi) is 5.45. The highest BCUT2D eigenvalue weighted by Crippen LogP contribution is 2.24. The first-order valence-electron chi connectivity index (χ1n) is 8.45. The van der Waals surface area contributed by atoms with Gasteiger partial charge in [0.05, 0.1) is 11.5 Å². The predicted molar refractivity (Wildman–Crippen MR) is 92.9 cm³/mol. The molecule has 2 heterocycles. The molecule has 1 saturated heterocycles. The molecule has 3 rings (SSSR count). The van der Waals surface area contributed by atoms with E-state index in [1.807, 2.05) is 17.0 Å². The second kappa shape index (κ2) is 7.94. The SMILES string of the molecule is O=C(CCNCc1ccc(-c2ccc([N+](=O)[O-])cc2)o1)N1CCCC1. The molecule has 0 aliphatic carbocycles. The maximum atomic E-state index is 11.9. The summed E-state index contributed by atoms with van der Waals surface area (Å²) in [6.45, 7) is 2.92. The van der Waals surface area contributed by atoms with Crippen LogP contribution < -0.4 is 5.32 Å².